The summed E-state index contributed by atoms with van der Waals surface area (Å²) in [4.78, 5) is 81.4. The zero-order valence-electron chi connectivity index (χ0n) is 27.3. The molecule has 6 rings (SSSR count). The van der Waals surface area contributed by atoms with Gasteiger partial charge < -0.3 is 30.4 Å². The lowest BCUT2D eigenvalue weighted by Gasteiger charge is -2.69. The molecule has 2 heterocycles. The zero-order chi connectivity index (χ0) is 33.5. The van der Waals surface area contributed by atoms with Crippen LogP contribution in [-0.4, -0.2) is 61.7 Å². The number of carbonyl (C=O) groups is 5. The van der Waals surface area contributed by atoms with Crippen LogP contribution in [0.2, 0.25) is 0 Å². The first-order valence-corrected chi connectivity index (χ1v) is 16.0. The first-order valence-electron chi connectivity index (χ1n) is 16.0. The SMILES string of the molecule is CCNC(=O)C(=O)CC[C@H](NC(=O)c1cncn1C)C(=O)Nc1cccn(CC(=O)NC23CC4(C)CC(C)(CC(C)(C4)C2)C3)c1=O. The van der Waals surface area contributed by atoms with Crippen LogP contribution in [-0.2, 0) is 32.8 Å². The number of imidazole rings is 1. The molecule has 46 heavy (non-hydrogen) atoms. The zero-order valence-corrected chi connectivity index (χ0v) is 27.3. The monoisotopic (exact) mass is 635 g/mol. The highest BCUT2D eigenvalue weighted by atomic mass is 16.2. The van der Waals surface area contributed by atoms with Crippen molar-refractivity contribution < 1.29 is 24.0 Å². The molecule has 2 aromatic heterocycles. The Hall–Kier alpha value is -4.29. The topological polar surface area (TPSA) is 173 Å². The number of aromatic nitrogens is 3. The second-order valence-corrected chi connectivity index (χ2v) is 14.9. The van der Waals surface area contributed by atoms with Gasteiger partial charge in [0.2, 0.25) is 17.6 Å². The third-order valence-corrected chi connectivity index (χ3v) is 9.77. The van der Waals surface area contributed by atoms with Crippen molar-refractivity contribution >= 4 is 35.1 Å². The summed E-state index contributed by atoms with van der Waals surface area (Å²) in [5.74, 6) is -3.14. The fraction of sp³-hybridized carbons (Fsp3) is 0.606. The molecule has 4 bridgehead atoms. The largest absolute Gasteiger partial charge is 0.350 e. The highest BCUT2D eigenvalue weighted by Crippen LogP contribution is 2.70. The number of rotatable bonds is 12. The van der Waals surface area contributed by atoms with E-state index in [2.05, 4.69) is 47.0 Å². The van der Waals surface area contributed by atoms with Gasteiger partial charge in [-0.25, -0.2) is 4.98 Å². The smallest absolute Gasteiger partial charge is 0.287 e. The van der Waals surface area contributed by atoms with Crippen LogP contribution in [0.3, 0.4) is 0 Å². The number of hydrogen-bond acceptors (Lipinski definition) is 7. The molecule has 4 aliphatic rings. The number of nitrogens with one attached hydrogen (secondary N) is 4. The summed E-state index contributed by atoms with van der Waals surface area (Å²) in [7, 11) is 1.61. The van der Waals surface area contributed by atoms with Crippen molar-refractivity contribution in [1.82, 2.24) is 30.1 Å². The molecular formula is C33H45N7O6. The quantitative estimate of drug-likeness (QED) is 0.258. The first kappa shape index (κ1) is 33.1. The van der Waals surface area contributed by atoms with Crippen LogP contribution in [0.5, 0.6) is 0 Å². The average Bonchev–Trinajstić information content (AvgIpc) is 3.35. The lowest BCUT2D eigenvalue weighted by atomic mass is 9.38. The molecule has 1 atom stereocenters. The van der Waals surface area contributed by atoms with Crippen molar-refractivity contribution in [2.75, 3.05) is 11.9 Å². The average molecular weight is 636 g/mol. The van der Waals surface area contributed by atoms with Crippen molar-refractivity contribution in [3.63, 3.8) is 0 Å². The Morgan fingerprint density at radius 3 is 2.17 bits per heavy atom. The third kappa shape index (κ3) is 6.92. The fourth-order valence-corrected chi connectivity index (χ4v) is 9.62. The highest BCUT2D eigenvalue weighted by molar-refractivity contribution is 6.36. The molecule has 4 aliphatic carbocycles. The molecule has 2 aromatic rings. The summed E-state index contributed by atoms with van der Waals surface area (Å²) >= 11 is 0. The van der Waals surface area contributed by atoms with Crippen molar-refractivity contribution in [2.45, 2.75) is 97.2 Å². The van der Waals surface area contributed by atoms with E-state index in [9.17, 15) is 28.8 Å². The molecule has 13 nitrogen and oxygen atoms in total. The fourth-order valence-electron chi connectivity index (χ4n) is 9.62. The summed E-state index contributed by atoms with van der Waals surface area (Å²) in [6, 6.07) is 1.72. The van der Waals surface area contributed by atoms with Crippen molar-refractivity contribution in [3.05, 3.63) is 46.9 Å². The molecule has 4 saturated carbocycles. The van der Waals surface area contributed by atoms with Crippen LogP contribution in [0.4, 0.5) is 5.69 Å². The number of ketones is 1. The van der Waals surface area contributed by atoms with E-state index in [1.54, 1.807) is 20.0 Å². The predicted octanol–water partition coefficient (Wildman–Crippen LogP) is 2.06. The number of anilines is 1. The maximum Gasteiger partial charge on any atom is 0.287 e. The van der Waals surface area contributed by atoms with E-state index in [1.807, 2.05) is 0 Å². The molecule has 0 spiro atoms. The Bertz CT molecular complexity index is 1570. The van der Waals surface area contributed by atoms with Gasteiger partial charge in [0.05, 0.1) is 12.5 Å². The number of carbonyl (C=O) groups excluding carboxylic acids is 5. The summed E-state index contributed by atoms with van der Waals surface area (Å²) in [5, 5.41) is 10.9. The normalized spacial score (nSPS) is 28.3. The Morgan fingerprint density at radius 2 is 1.61 bits per heavy atom. The van der Waals surface area contributed by atoms with Gasteiger partial charge >= 0.3 is 0 Å². The van der Waals surface area contributed by atoms with Crippen LogP contribution in [0, 0.1) is 16.2 Å². The molecular weight excluding hydrogens is 590 g/mol. The van der Waals surface area contributed by atoms with Crippen molar-refractivity contribution in [3.8, 4) is 0 Å². The van der Waals surface area contributed by atoms with Gasteiger partial charge in [0.15, 0.2) is 0 Å². The second kappa shape index (κ2) is 12.1. The van der Waals surface area contributed by atoms with Gasteiger partial charge in [0, 0.05) is 31.7 Å². The van der Waals surface area contributed by atoms with E-state index in [4.69, 9.17) is 0 Å². The van der Waals surface area contributed by atoms with Gasteiger partial charge in [-0.3, -0.25) is 28.8 Å². The standard InChI is InChI=1S/C33H45N7O6/c1-6-35-28(45)24(41)10-9-21(36-27(44)23-12-34-20-39(23)5)26(43)37-22-8-7-11-40(29(22)46)13-25(42)38-33-17-30(2)14-31(3,18-33)16-32(4,15-30)19-33/h7-8,11-12,20-21H,6,9-10,13-19H2,1-5H3,(H,35,45)(H,36,44)(H,37,43)(H,38,42)/t21-,30?,31?,32?,33?/m0/s1. The number of Topliss-reactive ketones (excluding diaryl/α,β-unsaturated/α-hetero) is 1. The predicted molar refractivity (Wildman–Crippen MR) is 170 cm³/mol. The number of hydrogen-bond donors (Lipinski definition) is 4. The van der Waals surface area contributed by atoms with E-state index in [0.717, 1.165) is 38.5 Å². The van der Waals surface area contributed by atoms with Crippen LogP contribution < -0.4 is 26.8 Å². The number of aryl methyl sites for hydroxylation is 1. The van der Waals surface area contributed by atoms with Crippen molar-refractivity contribution in [2.24, 2.45) is 23.3 Å². The van der Waals surface area contributed by atoms with E-state index < -0.39 is 35.1 Å². The Labute approximate surface area is 268 Å². The molecule has 0 aromatic carbocycles. The molecule has 0 aliphatic heterocycles. The van der Waals surface area contributed by atoms with Crippen LogP contribution in [0.15, 0.2) is 35.6 Å². The summed E-state index contributed by atoms with van der Waals surface area (Å²) < 4.78 is 2.72. The molecule has 248 valence electrons. The summed E-state index contributed by atoms with van der Waals surface area (Å²) in [6.45, 7) is 8.73. The number of likely N-dealkylation sites (N-methyl/N-ethyl adjacent to an activating group) is 1. The molecule has 4 fully saturated rings. The molecule has 0 saturated heterocycles. The molecule has 0 unspecified atom stereocenters. The van der Waals surface area contributed by atoms with Gasteiger partial charge in [-0.05, 0) is 80.2 Å². The minimum absolute atomic E-state index is 0.0857. The Balaban J connectivity index is 1.28. The first-order chi connectivity index (χ1) is 21.6. The van der Waals surface area contributed by atoms with Gasteiger partial charge in [0.1, 0.15) is 24.0 Å². The Morgan fingerprint density at radius 1 is 0.978 bits per heavy atom. The molecule has 0 radical (unpaired) electrons. The van der Waals surface area contributed by atoms with Crippen molar-refractivity contribution in [1.29, 1.82) is 0 Å². The highest BCUT2D eigenvalue weighted by Gasteiger charge is 2.64. The third-order valence-electron chi connectivity index (χ3n) is 9.77. The van der Waals surface area contributed by atoms with Crippen LogP contribution in [0.1, 0.15) is 89.5 Å². The maximum absolute atomic E-state index is 13.4. The van der Waals surface area contributed by atoms with E-state index in [1.165, 1.54) is 33.9 Å². The van der Waals surface area contributed by atoms with Gasteiger partial charge in [-0.2, -0.15) is 0 Å². The van der Waals surface area contributed by atoms with Gasteiger partial charge in [0.25, 0.3) is 17.4 Å². The van der Waals surface area contributed by atoms with E-state index in [-0.39, 0.29) is 65.0 Å². The minimum Gasteiger partial charge on any atom is -0.350 e. The molecule has 13 heteroatoms. The minimum atomic E-state index is -1.25. The molecule has 4 N–H and O–H groups in total. The molecule has 4 amide bonds. The van der Waals surface area contributed by atoms with Gasteiger partial charge in [-0.1, -0.05) is 20.8 Å². The van der Waals surface area contributed by atoms with Gasteiger partial charge in [-0.15, -0.1) is 0 Å². The summed E-state index contributed by atoms with van der Waals surface area (Å²) in [5.41, 5.74) is -0.254. The maximum atomic E-state index is 13.4. The Kier molecular flexibility index (Phi) is 8.73. The van der Waals surface area contributed by atoms with Crippen LogP contribution in [0.25, 0.3) is 0 Å². The van der Waals surface area contributed by atoms with E-state index >= 15 is 0 Å². The van der Waals surface area contributed by atoms with Crippen LogP contribution >= 0.6 is 0 Å². The lowest BCUT2D eigenvalue weighted by Crippen LogP contribution is -2.68. The lowest BCUT2D eigenvalue weighted by molar-refractivity contribution is -0.164. The summed E-state index contributed by atoms with van der Waals surface area (Å²) in [6.07, 6.45) is 10.0. The number of amides is 4. The van der Waals surface area contributed by atoms with E-state index in [0.29, 0.717) is 0 Å². The number of nitrogens with zero attached hydrogens (tertiary/aromatic N) is 3. The number of pyridine rings is 1. The second-order valence-electron chi connectivity index (χ2n) is 14.9.